The summed E-state index contributed by atoms with van der Waals surface area (Å²) < 4.78 is 43.6. The molecule has 2 heterocycles. The van der Waals surface area contributed by atoms with Crippen LogP contribution in [0.2, 0.25) is 0 Å². The van der Waals surface area contributed by atoms with E-state index in [2.05, 4.69) is 10.4 Å². The zero-order valence-electron chi connectivity index (χ0n) is 9.66. The summed E-state index contributed by atoms with van der Waals surface area (Å²) >= 11 is 0. The number of nitrogens with one attached hydrogen (secondary N) is 1. The molecule has 0 spiro atoms. The number of hydrogen-bond acceptors (Lipinski definition) is 3. The second-order valence-corrected chi connectivity index (χ2v) is 3.80. The highest BCUT2D eigenvalue weighted by Crippen LogP contribution is 2.27. The van der Waals surface area contributed by atoms with Crippen LogP contribution in [0.3, 0.4) is 0 Å². The summed E-state index contributed by atoms with van der Waals surface area (Å²) in [6.07, 6.45) is -1.62. The Kier molecular flexibility index (Phi) is 3.42. The van der Waals surface area contributed by atoms with Crippen molar-refractivity contribution in [3.05, 3.63) is 41.6 Å². The lowest BCUT2D eigenvalue weighted by Crippen LogP contribution is -2.10. The Bertz CT molecular complexity index is 516. The molecule has 1 N–H and O–H groups in total. The summed E-state index contributed by atoms with van der Waals surface area (Å²) in [6.45, 7) is 0.777. The molecule has 0 radical (unpaired) electrons. The van der Waals surface area contributed by atoms with Crippen LogP contribution in [-0.4, -0.2) is 16.8 Å². The van der Waals surface area contributed by atoms with E-state index in [4.69, 9.17) is 4.42 Å². The van der Waals surface area contributed by atoms with Gasteiger partial charge in [0, 0.05) is 18.3 Å². The van der Waals surface area contributed by atoms with E-state index in [0.717, 1.165) is 11.6 Å². The molecule has 98 valence electrons. The molecule has 0 aromatic carbocycles. The van der Waals surface area contributed by atoms with E-state index >= 15 is 0 Å². The molecule has 0 fully saturated rings. The van der Waals surface area contributed by atoms with Crippen molar-refractivity contribution in [2.75, 3.05) is 7.05 Å². The minimum Gasteiger partial charge on any atom is -0.467 e. The van der Waals surface area contributed by atoms with Gasteiger partial charge in [0.05, 0.1) is 12.8 Å². The fourth-order valence-corrected chi connectivity index (χ4v) is 1.60. The van der Waals surface area contributed by atoms with Crippen LogP contribution in [0, 0.1) is 0 Å². The predicted molar refractivity (Wildman–Crippen MR) is 57.8 cm³/mol. The highest BCUT2D eigenvalue weighted by Gasteiger charge is 2.33. The first-order valence-corrected chi connectivity index (χ1v) is 5.31. The van der Waals surface area contributed by atoms with Crippen LogP contribution in [0.4, 0.5) is 13.2 Å². The SMILES string of the molecule is CNCc1ccoc1Cn1ccc(C(F)(F)F)n1. The Morgan fingerprint density at radius 3 is 2.78 bits per heavy atom. The second-order valence-electron chi connectivity index (χ2n) is 3.80. The highest BCUT2D eigenvalue weighted by atomic mass is 19.4. The van der Waals surface area contributed by atoms with Crippen molar-refractivity contribution in [3.63, 3.8) is 0 Å². The molecule has 4 nitrogen and oxygen atoms in total. The van der Waals surface area contributed by atoms with Gasteiger partial charge in [-0.2, -0.15) is 18.3 Å². The molecule has 0 saturated heterocycles. The summed E-state index contributed by atoms with van der Waals surface area (Å²) in [6, 6.07) is 2.72. The zero-order valence-corrected chi connectivity index (χ0v) is 9.66. The highest BCUT2D eigenvalue weighted by molar-refractivity contribution is 5.17. The van der Waals surface area contributed by atoms with E-state index in [1.165, 1.54) is 17.1 Å². The normalized spacial score (nSPS) is 12.0. The maximum absolute atomic E-state index is 12.4. The first kappa shape index (κ1) is 12.7. The van der Waals surface area contributed by atoms with Crippen molar-refractivity contribution in [3.8, 4) is 0 Å². The van der Waals surface area contributed by atoms with Crippen molar-refractivity contribution >= 4 is 0 Å². The topological polar surface area (TPSA) is 43.0 Å². The molecule has 0 aliphatic heterocycles. The molecule has 0 atom stereocenters. The third-order valence-electron chi connectivity index (χ3n) is 2.44. The average molecular weight is 259 g/mol. The van der Waals surface area contributed by atoms with Crippen LogP contribution >= 0.6 is 0 Å². The van der Waals surface area contributed by atoms with Gasteiger partial charge in [0.2, 0.25) is 0 Å². The van der Waals surface area contributed by atoms with Gasteiger partial charge in [-0.1, -0.05) is 0 Å². The van der Waals surface area contributed by atoms with Crippen LogP contribution in [0.25, 0.3) is 0 Å². The number of nitrogens with zero attached hydrogens (tertiary/aromatic N) is 2. The quantitative estimate of drug-likeness (QED) is 0.915. The zero-order chi connectivity index (χ0) is 13.2. The van der Waals surface area contributed by atoms with Gasteiger partial charge in [-0.25, -0.2) is 0 Å². The molecular formula is C11H12F3N3O. The van der Waals surface area contributed by atoms with E-state index in [1.807, 2.05) is 0 Å². The fourth-order valence-electron chi connectivity index (χ4n) is 1.60. The lowest BCUT2D eigenvalue weighted by atomic mass is 10.2. The Labute approximate surface area is 101 Å². The van der Waals surface area contributed by atoms with Gasteiger partial charge < -0.3 is 9.73 Å². The minimum atomic E-state index is -4.41. The standard InChI is InChI=1S/C11H12F3N3O/c1-15-6-8-3-5-18-9(8)7-17-4-2-10(16-17)11(12,13)14/h2-5,15H,6-7H2,1H3. The van der Waals surface area contributed by atoms with Gasteiger partial charge in [-0.3, -0.25) is 4.68 Å². The van der Waals surface area contributed by atoms with Crippen LogP contribution < -0.4 is 5.32 Å². The summed E-state index contributed by atoms with van der Waals surface area (Å²) in [5.74, 6) is 0.598. The monoisotopic (exact) mass is 259 g/mol. The van der Waals surface area contributed by atoms with Crippen LogP contribution in [0.1, 0.15) is 17.0 Å². The third-order valence-corrected chi connectivity index (χ3v) is 2.44. The minimum absolute atomic E-state index is 0.181. The summed E-state index contributed by atoms with van der Waals surface area (Å²) in [4.78, 5) is 0. The van der Waals surface area contributed by atoms with Gasteiger partial charge in [0.25, 0.3) is 0 Å². The lowest BCUT2D eigenvalue weighted by Gasteiger charge is -2.03. The van der Waals surface area contributed by atoms with Crippen LogP contribution in [0.5, 0.6) is 0 Å². The van der Waals surface area contributed by atoms with Crippen molar-refractivity contribution in [2.45, 2.75) is 19.3 Å². The molecule has 0 amide bonds. The van der Waals surface area contributed by atoms with Crippen molar-refractivity contribution < 1.29 is 17.6 Å². The molecule has 18 heavy (non-hydrogen) atoms. The van der Waals surface area contributed by atoms with Crippen LogP contribution in [-0.2, 0) is 19.3 Å². The molecule has 2 rings (SSSR count). The second kappa shape index (κ2) is 4.85. The maximum atomic E-state index is 12.4. The molecule has 0 unspecified atom stereocenters. The predicted octanol–water partition coefficient (Wildman–Crippen LogP) is 2.26. The lowest BCUT2D eigenvalue weighted by molar-refractivity contribution is -0.141. The summed E-state index contributed by atoms with van der Waals surface area (Å²) in [7, 11) is 1.78. The van der Waals surface area contributed by atoms with Gasteiger partial charge >= 0.3 is 6.18 Å². The number of furan rings is 1. The Morgan fingerprint density at radius 1 is 1.39 bits per heavy atom. The van der Waals surface area contributed by atoms with Crippen molar-refractivity contribution in [2.24, 2.45) is 0 Å². The molecule has 0 saturated carbocycles. The van der Waals surface area contributed by atoms with E-state index in [1.54, 1.807) is 13.1 Å². The van der Waals surface area contributed by atoms with E-state index < -0.39 is 11.9 Å². The van der Waals surface area contributed by atoms with Gasteiger partial charge in [0.1, 0.15) is 5.76 Å². The maximum Gasteiger partial charge on any atom is 0.435 e. The van der Waals surface area contributed by atoms with E-state index in [9.17, 15) is 13.2 Å². The van der Waals surface area contributed by atoms with Gasteiger partial charge in [-0.05, 0) is 19.2 Å². The number of rotatable bonds is 4. The first-order chi connectivity index (χ1) is 8.50. The molecular weight excluding hydrogens is 247 g/mol. The van der Waals surface area contributed by atoms with Crippen LogP contribution in [0.15, 0.2) is 29.0 Å². The Balaban J connectivity index is 2.14. The molecule has 7 heteroatoms. The Morgan fingerprint density at radius 2 is 2.17 bits per heavy atom. The molecule has 2 aromatic rings. The van der Waals surface area contributed by atoms with E-state index in [-0.39, 0.29) is 6.54 Å². The summed E-state index contributed by atoms with van der Waals surface area (Å²) in [5.41, 5.74) is 0.00535. The molecule has 2 aromatic heterocycles. The van der Waals surface area contributed by atoms with Gasteiger partial charge in [0.15, 0.2) is 5.69 Å². The Hall–Kier alpha value is -1.76. The molecule has 0 bridgehead atoms. The number of alkyl halides is 3. The first-order valence-electron chi connectivity index (χ1n) is 5.31. The van der Waals surface area contributed by atoms with Crippen molar-refractivity contribution in [1.29, 1.82) is 0 Å². The molecule has 0 aliphatic rings. The summed E-state index contributed by atoms with van der Waals surface area (Å²) in [5, 5.41) is 6.42. The number of halogens is 3. The average Bonchev–Trinajstić information content (AvgIpc) is 2.89. The number of hydrogen-bond donors (Lipinski definition) is 1. The fraction of sp³-hybridized carbons (Fsp3) is 0.364. The molecule has 0 aliphatic carbocycles. The number of aromatic nitrogens is 2. The largest absolute Gasteiger partial charge is 0.467 e. The van der Waals surface area contributed by atoms with E-state index in [0.29, 0.717) is 12.3 Å². The van der Waals surface area contributed by atoms with Gasteiger partial charge in [-0.15, -0.1) is 0 Å². The smallest absolute Gasteiger partial charge is 0.435 e. The van der Waals surface area contributed by atoms with Crippen molar-refractivity contribution in [1.82, 2.24) is 15.1 Å². The third kappa shape index (κ3) is 2.73.